The molecule has 1 aromatic heterocycles. The largest absolute Gasteiger partial charge is 0.343 e. The number of rotatable bonds is 4. The topological polar surface area (TPSA) is 45.4 Å². The lowest BCUT2D eigenvalue weighted by Gasteiger charge is -2.43. The lowest BCUT2D eigenvalue weighted by Crippen LogP contribution is -2.56. The highest BCUT2D eigenvalue weighted by Crippen LogP contribution is 2.25. The first-order chi connectivity index (χ1) is 8.86. The van der Waals surface area contributed by atoms with Gasteiger partial charge in [-0.3, -0.25) is 9.80 Å². The van der Waals surface area contributed by atoms with Gasteiger partial charge in [-0.1, -0.05) is 12.1 Å². The monoisotopic (exact) mass is 250 g/mol. The zero-order chi connectivity index (χ0) is 12.4. The van der Waals surface area contributed by atoms with Crippen LogP contribution in [0.1, 0.15) is 32.0 Å². The van der Waals surface area contributed by atoms with Gasteiger partial charge in [-0.15, -0.1) is 0 Å². The number of fused-ring (bicyclic) bond motifs is 1. The molecule has 0 aromatic carbocycles. The van der Waals surface area contributed by atoms with Crippen molar-refractivity contribution in [3.05, 3.63) is 12.2 Å². The molecule has 3 rings (SSSR count). The maximum absolute atomic E-state index is 4.79. The van der Waals surface area contributed by atoms with E-state index in [0.717, 1.165) is 24.8 Å². The summed E-state index contributed by atoms with van der Waals surface area (Å²) in [6.45, 7) is 7.12. The molecule has 18 heavy (non-hydrogen) atoms. The molecular weight excluding hydrogens is 228 g/mol. The maximum atomic E-state index is 4.79. The van der Waals surface area contributed by atoms with E-state index in [9.17, 15) is 0 Å². The molecule has 1 aromatic rings. The molecule has 0 radical (unpaired) electrons. The first-order valence-electron chi connectivity index (χ1n) is 7.10. The second kappa shape index (κ2) is 5.36. The van der Waals surface area contributed by atoms with E-state index in [1.807, 2.05) is 0 Å². The molecule has 2 atom stereocenters. The van der Waals surface area contributed by atoms with Gasteiger partial charge in [0.2, 0.25) is 6.39 Å². The SMILES string of the molecule is CCC1CN2CCCC2CN1CCc1ncon1. The molecular formula is C13H22N4O. The van der Waals surface area contributed by atoms with E-state index in [1.54, 1.807) is 0 Å². The van der Waals surface area contributed by atoms with Crippen molar-refractivity contribution < 1.29 is 4.52 Å². The van der Waals surface area contributed by atoms with Gasteiger partial charge in [0.15, 0.2) is 5.82 Å². The average molecular weight is 250 g/mol. The Morgan fingerprint density at radius 3 is 3.17 bits per heavy atom. The third kappa shape index (κ3) is 2.42. The van der Waals surface area contributed by atoms with Crippen LogP contribution in [0.3, 0.4) is 0 Å². The summed E-state index contributed by atoms with van der Waals surface area (Å²) < 4.78 is 4.79. The second-order valence-corrected chi connectivity index (χ2v) is 5.45. The molecule has 0 aliphatic carbocycles. The van der Waals surface area contributed by atoms with E-state index in [4.69, 9.17) is 4.52 Å². The molecule has 2 aliphatic rings. The highest BCUT2D eigenvalue weighted by atomic mass is 16.5. The summed E-state index contributed by atoms with van der Waals surface area (Å²) in [6, 6.07) is 1.49. The summed E-state index contributed by atoms with van der Waals surface area (Å²) in [4.78, 5) is 9.41. The van der Waals surface area contributed by atoms with Gasteiger partial charge >= 0.3 is 0 Å². The standard InChI is InChI=1S/C13H22N4O/c1-2-11-8-16-6-3-4-12(16)9-17(11)7-5-13-14-10-18-15-13/h10-12H,2-9H2,1H3. The predicted octanol–water partition coefficient (Wildman–Crippen LogP) is 1.17. The van der Waals surface area contributed by atoms with E-state index in [0.29, 0.717) is 6.04 Å². The lowest BCUT2D eigenvalue weighted by molar-refractivity contribution is 0.0497. The zero-order valence-electron chi connectivity index (χ0n) is 11.1. The predicted molar refractivity (Wildman–Crippen MR) is 68.2 cm³/mol. The van der Waals surface area contributed by atoms with Crippen molar-refractivity contribution in [2.24, 2.45) is 0 Å². The minimum atomic E-state index is 0.700. The average Bonchev–Trinajstić information content (AvgIpc) is 3.05. The van der Waals surface area contributed by atoms with Gasteiger partial charge in [0.05, 0.1) is 0 Å². The van der Waals surface area contributed by atoms with Crippen LogP contribution in [0.15, 0.2) is 10.9 Å². The molecule has 0 amide bonds. The van der Waals surface area contributed by atoms with Crippen LogP contribution < -0.4 is 0 Å². The number of piperazine rings is 1. The van der Waals surface area contributed by atoms with Crippen LogP contribution in [0.4, 0.5) is 0 Å². The highest BCUT2D eigenvalue weighted by molar-refractivity contribution is 4.93. The molecule has 100 valence electrons. The Hall–Kier alpha value is -0.940. The number of aromatic nitrogens is 2. The van der Waals surface area contributed by atoms with Gasteiger partial charge in [0.25, 0.3) is 0 Å². The van der Waals surface area contributed by atoms with Gasteiger partial charge in [0.1, 0.15) is 0 Å². The quantitative estimate of drug-likeness (QED) is 0.802. The van der Waals surface area contributed by atoms with E-state index < -0.39 is 0 Å². The van der Waals surface area contributed by atoms with Crippen molar-refractivity contribution in [2.75, 3.05) is 26.2 Å². The van der Waals surface area contributed by atoms with Crippen LogP contribution >= 0.6 is 0 Å². The fourth-order valence-corrected chi connectivity index (χ4v) is 3.36. The Morgan fingerprint density at radius 1 is 1.44 bits per heavy atom. The highest BCUT2D eigenvalue weighted by Gasteiger charge is 2.35. The summed E-state index contributed by atoms with van der Waals surface area (Å²) in [6.07, 6.45) is 6.30. The molecule has 0 spiro atoms. The van der Waals surface area contributed by atoms with Crippen molar-refractivity contribution >= 4 is 0 Å². The molecule has 0 bridgehead atoms. The summed E-state index contributed by atoms with van der Waals surface area (Å²) in [5.41, 5.74) is 0. The van der Waals surface area contributed by atoms with Crippen molar-refractivity contribution in [2.45, 2.75) is 44.7 Å². The van der Waals surface area contributed by atoms with Crippen molar-refractivity contribution in [3.63, 3.8) is 0 Å². The van der Waals surface area contributed by atoms with Crippen LogP contribution in [0.2, 0.25) is 0 Å². The fourth-order valence-electron chi connectivity index (χ4n) is 3.36. The first-order valence-corrected chi connectivity index (χ1v) is 7.10. The summed E-state index contributed by atoms with van der Waals surface area (Å²) >= 11 is 0. The molecule has 2 unspecified atom stereocenters. The van der Waals surface area contributed by atoms with Crippen molar-refractivity contribution in [1.82, 2.24) is 19.9 Å². The summed E-state index contributed by atoms with van der Waals surface area (Å²) in [5.74, 6) is 0.832. The van der Waals surface area contributed by atoms with E-state index in [2.05, 4.69) is 26.9 Å². The molecule has 2 fully saturated rings. The Morgan fingerprint density at radius 2 is 2.39 bits per heavy atom. The van der Waals surface area contributed by atoms with E-state index in [-0.39, 0.29) is 0 Å². The number of hydrogen-bond acceptors (Lipinski definition) is 5. The van der Waals surface area contributed by atoms with Crippen LogP contribution in [0.5, 0.6) is 0 Å². The van der Waals surface area contributed by atoms with E-state index >= 15 is 0 Å². The Labute approximate surface area is 108 Å². The number of hydrogen-bond donors (Lipinski definition) is 0. The molecule has 3 heterocycles. The van der Waals surface area contributed by atoms with Gasteiger partial charge < -0.3 is 4.52 Å². The second-order valence-electron chi connectivity index (χ2n) is 5.45. The summed E-state index contributed by atoms with van der Waals surface area (Å²) in [5, 5.41) is 3.89. The third-order valence-corrected chi connectivity index (χ3v) is 4.41. The van der Waals surface area contributed by atoms with Crippen LogP contribution in [0, 0.1) is 0 Å². The number of nitrogens with zero attached hydrogens (tertiary/aromatic N) is 4. The Bertz CT molecular complexity index is 367. The van der Waals surface area contributed by atoms with Crippen molar-refractivity contribution in [3.8, 4) is 0 Å². The lowest BCUT2D eigenvalue weighted by atomic mass is 10.0. The molecule has 2 saturated heterocycles. The Balaban J connectivity index is 1.59. The Kier molecular flexibility index (Phi) is 3.61. The smallest absolute Gasteiger partial charge is 0.213 e. The van der Waals surface area contributed by atoms with Crippen LogP contribution in [-0.2, 0) is 6.42 Å². The molecule has 2 aliphatic heterocycles. The van der Waals surface area contributed by atoms with Crippen LogP contribution in [-0.4, -0.2) is 58.2 Å². The molecule has 5 nitrogen and oxygen atoms in total. The van der Waals surface area contributed by atoms with Crippen molar-refractivity contribution in [1.29, 1.82) is 0 Å². The van der Waals surface area contributed by atoms with Gasteiger partial charge in [-0.25, -0.2) is 0 Å². The zero-order valence-corrected chi connectivity index (χ0v) is 11.1. The fraction of sp³-hybridized carbons (Fsp3) is 0.846. The minimum Gasteiger partial charge on any atom is -0.343 e. The van der Waals surface area contributed by atoms with E-state index in [1.165, 1.54) is 45.3 Å². The van der Waals surface area contributed by atoms with Gasteiger partial charge in [-0.05, 0) is 25.8 Å². The molecule has 0 N–H and O–H groups in total. The maximum Gasteiger partial charge on any atom is 0.213 e. The molecule has 0 saturated carbocycles. The van der Waals surface area contributed by atoms with Crippen LogP contribution in [0.25, 0.3) is 0 Å². The normalized spacial score (nSPS) is 29.6. The third-order valence-electron chi connectivity index (χ3n) is 4.41. The first kappa shape index (κ1) is 12.1. The summed E-state index contributed by atoms with van der Waals surface area (Å²) in [7, 11) is 0. The van der Waals surface area contributed by atoms with Gasteiger partial charge in [0, 0.05) is 38.1 Å². The molecule has 5 heteroatoms. The minimum absolute atomic E-state index is 0.700. The van der Waals surface area contributed by atoms with Gasteiger partial charge in [-0.2, -0.15) is 4.98 Å².